The normalized spacial score (nSPS) is 18.1. The van der Waals surface area contributed by atoms with Gasteiger partial charge in [-0.2, -0.15) is 0 Å². The van der Waals surface area contributed by atoms with E-state index in [1.165, 1.54) is 0 Å². The predicted molar refractivity (Wildman–Crippen MR) is 72.6 cm³/mol. The molecule has 4 nitrogen and oxygen atoms in total. The summed E-state index contributed by atoms with van der Waals surface area (Å²) in [6, 6.07) is 5.59. The molecule has 98 valence electrons. The lowest BCUT2D eigenvalue weighted by molar-refractivity contribution is -0.120. The van der Waals surface area contributed by atoms with Crippen LogP contribution in [-0.4, -0.2) is 21.4 Å². The number of hydrogen-bond acceptors (Lipinski definition) is 3. The summed E-state index contributed by atoms with van der Waals surface area (Å²) in [5.41, 5.74) is 7.19. The van der Waals surface area contributed by atoms with Gasteiger partial charge in [-0.05, 0) is 44.4 Å². The molecular formula is C13H18N2O2S. The molecule has 0 saturated heterocycles. The number of nitrogen functional groups attached to an aromatic ring is 1. The third kappa shape index (κ3) is 2.72. The van der Waals surface area contributed by atoms with Gasteiger partial charge in [0.25, 0.3) is 0 Å². The largest absolute Gasteiger partial charge is 0.398 e. The maximum atomic E-state index is 12.4. The summed E-state index contributed by atoms with van der Waals surface area (Å²) in [4.78, 5) is 12.5. The minimum Gasteiger partial charge on any atom is -0.398 e. The van der Waals surface area contributed by atoms with Gasteiger partial charge in [0.05, 0.1) is 10.8 Å². The Labute approximate surface area is 109 Å². The van der Waals surface area contributed by atoms with Gasteiger partial charge in [-0.1, -0.05) is 6.07 Å². The smallest absolute Gasteiger partial charge is 0.236 e. The van der Waals surface area contributed by atoms with Crippen LogP contribution in [0.1, 0.15) is 25.3 Å². The molecule has 1 amide bonds. The monoisotopic (exact) mass is 266 g/mol. The molecule has 5 heteroatoms. The highest BCUT2D eigenvalue weighted by atomic mass is 32.2. The summed E-state index contributed by atoms with van der Waals surface area (Å²) in [6.07, 6.45) is 2.06. The van der Waals surface area contributed by atoms with E-state index in [0.29, 0.717) is 16.6 Å². The Hall–Kier alpha value is -1.36. The van der Waals surface area contributed by atoms with Crippen LogP contribution in [0.5, 0.6) is 0 Å². The molecule has 1 fully saturated rings. The van der Waals surface area contributed by atoms with Crippen molar-refractivity contribution in [3.05, 3.63) is 23.8 Å². The van der Waals surface area contributed by atoms with Gasteiger partial charge in [-0.15, -0.1) is 0 Å². The Morgan fingerprint density at radius 2 is 2.17 bits per heavy atom. The Morgan fingerprint density at radius 1 is 1.50 bits per heavy atom. The molecule has 1 aromatic rings. The molecule has 1 aliphatic carbocycles. The van der Waals surface area contributed by atoms with Crippen molar-refractivity contribution in [2.45, 2.75) is 42.9 Å². The molecule has 0 heterocycles. The van der Waals surface area contributed by atoms with Gasteiger partial charge in [-0.25, -0.2) is 0 Å². The van der Waals surface area contributed by atoms with Crippen molar-refractivity contribution in [1.29, 1.82) is 0 Å². The topological polar surface area (TPSA) is 72.2 Å². The lowest BCUT2D eigenvalue weighted by atomic mass is 10.2. The second kappa shape index (κ2) is 5.10. The van der Waals surface area contributed by atoms with E-state index in [2.05, 4.69) is 5.32 Å². The fraction of sp³-hybridized carbons (Fsp3) is 0.462. The molecule has 0 aromatic heterocycles. The van der Waals surface area contributed by atoms with Crippen LogP contribution in [0.4, 0.5) is 5.69 Å². The van der Waals surface area contributed by atoms with E-state index in [1.807, 2.05) is 6.92 Å². The Bertz CT molecular complexity index is 498. The highest BCUT2D eigenvalue weighted by Gasteiger charge is 2.29. The van der Waals surface area contributed by atoms with Crippen molar-refractivity contribution in [3.8, 4) is 0 Å². The first kappa shape index (κ1) is 13.1. The first-order valence-electron chi connectivity index (χ1n) is 6.06. The first-order valence-corrected chi connectivity index (χ1v) is 7.28. The number of rotatable bonds is 4. The molecule has 18 heavy (non-hydrogen) atoms. The number of carbonyl (C=O) groups is 1. The highest BCUT2D eigenvalue weighted by molar-refractivity contribution is 7.86. The van der Waals surface area contributed by atoms with Crippen molar-refractivity contribution < 1.29 is 9.00 Å². The van der Waals surface area contributed by atoms with E-state index in [-0.39, 0.29) is 5.91 Å². The summed E-state index contributed by atoms with van der Waals surface area (Å²) in [5.74, 6) is -0.141. The Kier molecular flexibility index (Phi) is 3.71. The van der Waals surface area contributed by atoms with Crippen molar-refractivity contribution in [3.63, 3.8) is 0 Å². The molecule has 2 rings (SSSR count). The van der Waals surface area contributed by atoms with Crippen LogP contribution in [0.2, 0.25) is 0 Å². The number of hydrogen-bond donors (Lipinski definition) is 2. The van der Waals surface area contributed by atoms with E-state index in [9.17, 15) is 9.00 Å². The molecule has 0 bridgehead atoms. The van der Waals surface area contributed by atoms with Gasteiger partial charge in [0.15, 0.2) is 0 Å². The molecule has 1 aromatic carbocycles. The minimum atomic E-state index is -1.36. The molecule has 1 saturated carbocycles. The highest BCUT2D eigenvalue weighted by Crippen LogP contribution is 2.23. The van der Waals surface area contributed by atoms with Gasteiger partial charge < -0.3 is 11.1 Å². The number of carbonyl (C=O) groups excluding carboxylic acids is 1. The maximum Gasteiger partial charge on any atom is 0.236 e. The Morgan fingerprint density at radius 3 is 2.78 bits per heavy atom. The lowest BCUT2D eigenvalue weighted by Gasteiger charge is -2.14. The van der Waals surface area contributed by atoms with Gasteiger partial charge in [0.1, 0.15) is 5.25 Å². The maximum absolute atomic E-state index is 12.4. The molecule has 0 aliphatic heterocycles. The van der Waals surface area contributed by atoms with Gasteiger partial charge in [-0.3, -0.25) is 9.00 Å². The molecule has 3 N–H and O–H groups in total. The lowest BCUT2D eigenvalue weighted by Crippen LogP contribution is -2.36. The predicted octanol–water partition coefficient (Wildman–Crippen LogP) is 1.35. The van der Waals surface area contributed by atoms with E-state index in [4.69, 9.17) is 5.73 Å². The van der Waals surface area contributed by atoms with E-state index in [0.717, 1.165) is 18.4 Å². The number of benzene rings is 1. The molecular weight excluding hydrogens is 248 g/mol. The summed E-state index contributed by atoms with van der Waals surface area (Å²) >= 11 is 0. The first-order chi connectivity index (χ1) is 8.50. The summed E-state index contributed by atoms with van der Waals surface area (Å²) in [7, 11) is -1.36. The molecule has 2 atom stereocenters. The van der Waals surface area contributed by atoms with Crippen LogP contribution in [0.25, 0.3) is 0 Å². The second-order valence-electron chi connectivity index (χ2n) is 4.69. The van der Waals surface area contributed by atoms with E-state index < -0.39 is 16.0 Å². The number of nitrogens with one attached hydrogen (secondary N) is 1. The van der Waals surface area contributed by atoms with Crippen molar-refractivity contribution >= 4 is 22.4 Å². The average molecular weight is 266 g/mol. The van der Waals surface area contributed by atoms with Crippen LogP contribution < -0.4 is 11.1 Å². The average Bonchev–Trinajstić information content (AvgIpc) is 3.14. The van der Waals surface area contributed by atoms with Crippen LogP contribution in [-0.2, 0) is 15.6 Å². The van der Waals surface area contributed by atoms with E-state index >= 15 is 0 Å². The minimum absolute atomic E-state index is 0.141. The van der Waals surface area contributed by atoms with Crippen LogP contribution in [0.15, 0.2) is 23.1 Å². The number of nitrogens with two attached hydrogens (primary N) is 1. The van der Waals surface area contributed by atoms with Crippen LogP contribution in [0.3, 0.4) is 0 Å². The summed E-state index contributed by atoms with van der Waals surface area (Å²) in [6.45, 7) is 3.52. The van der Waals surface area contributed by atoms with E-state index in [1.54, 1.807) is 25.1 Å². The van der Waals surface area contributed by atoms with Crippen LogP contribution >= 0.6 is 0 Å². The zero-order valence-corrected chi connectivity index (χ0v) is 11.4. The van der Waals surface area contributed by atoms with Crippen molar-refractivity contribution in [1.82, 2.24) is 5.32 Å². The Balaban J connectivity index is 2.14. The molecule has 0 radical (unpaired) electrons. The molecule has 0 spiro atoms. The standard InChI is InChI=1S/C13H18N2O2S/c1-8-11(14)4-3-5-12(8)18(17)9(2)13(16)15-10-6-7-10/h3-5,9-10H,6-7,14H2,1-2H3,(H,15,16). The molecule has 2 unspecified atom stereocenters. The summed E-state index contributed by atoms with van der Waals surface area (Å²) in [5, 5.41) is 2.33. The summed E-state index contributed by atoms with van der Waals surface area (Å²) < 4.78 is 12.4. The second-order valence-corrected chi connectivity index (χ2v) is 6.43. The van der Waals surface area contributed by atoms with Crippen molar-refractivity contribution in [2.75, 3.05) is 5.73 Å². The number of anilines is 1. The SMILES string of the molecule is Cc1c(N)cccc1S(=O)C(C)C(=O)NC1CC1. The third-order valence-electron chi connectivity index (χ3n) is 3.16. The zero-order chi connectivity index (χ0) is 13.3. The van der Waals surface area contributed by atoms with Gasteiger partial charge >= 0.3 is 0 Å². The zero-order valence-electron chi connectivity index (χ0n) is 10.6. The van der Waals surface area contributed by atoms with Gasteiger partial charge in [0.2, 0.25) is 5.91 Å². The van der Waals surface area contributed by atoms with Crippen molar-refractivity contribution in [2.24, 2.45) is 0 Å². The van der Waals surface area contributed by atoms with Gasteiger partial charge in [0, 0.05) is 16.6 Å². The quantitative estimate of drug-likeness (QED) is 0.808. The molecule has 1 aliphatic rings. The third-order valence-corrected chi connectivity index (χ3v) is 4.89. The fourth-order valence-corrected chi connectivity index (χ4v) is 2.96. The number of amides is 1. The van der Waals surface area contributed by atoms with Crippen LogP contribution in [0, 0.1) is 6.92 Å². The fourth-order valence-electron chi connectivity index (χ4n) is 1.68.